The van der Waals surface area contributed by atoms with Gasteiger partial charge in [0, 0.05) is 10.3 Å². The summed E-state index contributed by atoms with van der Waals surface area (Å²) in [5.41, 5.74) is -0.366. The zero-order chi connectivity index (χ0) is 15.0. The Morgan fingerprint density at radius 3 is 2.45 bits per heavy atom. The van der Waals surface area contributed by atoms with E-state index in [4.69, 9.17) is 11.6 Å². The van der Waals surface area contributed by atoms with Gasteiger partial charge in [0.25, 0.3) is 0 Å². The van der Waals surface area contributed by atoms with Crippen molar-refractivity contribution < 1.29 is 5.11 Å². The standard InChI is InChI=1S/C16H22ClNOS/c1-15(2,3)11-4-6-16(10-18,7-5-11)14(19)13-8-12(17)9-20-13/h8-9,11,14,19H,4-7H2,1-3H3. The molecule has 1 aromatic rings. The largest absolute Gasteiger partial charge is 0.386 e. The van der Waals surface area contributed by atoms with Crippen molar-refractivity contribution in [2.24, 2.45) is 16.7 Å². The first-order valence-corrected chi connectivity index (χ1v) is 8.37. The van der Waals surface area contributed by atoms with Crippen LogP contribution >= 0.6 is 22.9 Å². The van der Waals surface area contributed by atoms with Crippen molar-refractivity contribution in [1.82, 2.24) is 0 Å². The third-order valence-corrected chi connectivity index (χ3v) is 6.04. The van der Waals surface area contributed by atoms with E-state index in [-0.39, 0.29) is 5.41 Å². The molecular weight excluding hydrogens is 290 g/mol. The van der Waals surface area contributed by atoms with Gasteiger partial charge in [0.1, 0.15) is 6.10 Å². The third kappa shape index (κ3) is 3.03. The Bertz CT molecular complexity index is 503. The molecular formula is C16H22ClNOS. The molecule has 0 spiro atoms. The second kappa shape index (κ2) is 5.67. The molecule has 1 atom stereocenters. The fourth-order valence-electron chi connectivity index (χ4n) is 3.19. The smallest absolute Gasteiger partial charge is 0.107 e. The molecule has 1 aliphatic carbocycles. The van der Waals surface area contributed by atoms with Gasteiger partial charge in [0.15, 0.2) is 0 Å². The fourth-order valence-corrected chi connectivity index (χ4v) is 4.37. The van der Waals surface area contributed by atoms with Crippen molar-refractivity contribution >= 4 is 22.9 Å². The van der Waals surface area contributed by atoms with Crippen LogP contribution in [0.3, 0.4) is 0 Å². The minimum atomic E-state index is -0.717. The maximum absolute atomic E-state index is 10.6. The van der Waals surface area contributed by atoms with Crippen LogP contribution in [0.15, 0.2) is 11.4 Å². The summed E-state index contributed by atoms with van der Waals surface area (Å²) in [5.74, 6) is 0.628. The molecule has 1 fully saturated rings. The van der Waals surface area contributed by atoms with Gasteiger partial charge in [-0.15, -0.1) is 11.3 Å². The van der Waals surface area contributed by atoms with E-state index < -0.39 is 11.5 Å². The summed E-state index contributed by atoms with van der Waals surface area (Å²) in [7, 11) is 0. The number of aliphatic hydroxyl groups excluding tert-OH is 1. The number of thiophene rings is 1. The van der Waals surface area contributed by atoms with Crippen molar-refractivity contribution in [3.8, 4) is 6.07 Å². The van der Waals surface area contributed by atoms with Crippen molar-refractivity contribution in [1.29, 1.82) is 5.26 Å². The first-order chi connectivity index (χ1) is 9.28. The molecule has 110 valence electrons. The third-order valence-electron chi connectivity index (χ3n) is 4.71. The quantitative estimate of drug-likeness (QED) is 0.817. The topological polar surface area (TPSA) is 44.0 Å². The lowest BCUT2D eigenvalue weighted by Crippen LogP contribution is -2.35. The highest BCUT2D eigenvalue weighted by molar-refractivity contribution is 7.10. The number of halogens is 1. The molecule has 1 aromatic heterocycles. The van der Waals surface area contributed by atoms with Crippen LogP contribution in [0.2, 0.25) is 5.02 Å². The predicted molar refractivity (Wildman–Crippen MR) is 83.7 cm³/mol. The van der Waals surface area contributed by atoms with Crippen molar-refractivity contribution in [3.05, 3.63) is 21.3 Å². The summed E-state index contributed by atoms with van der Waals surface area (Å²) in [6.07, 6.45) is 2.83. The molecule has 0 bridgehead atoms. The molecule has 4 heteroatoms. The van der Waals surface area contributed by atoms with Crippen LogP contribution in [-0.2, 0) is 0 Å². The van der Waals surface area contributed by atoms with Crippen LogP contribution in [-0.4, -0.2) is 5.11 Å². The summed E-state index contributed by atoms with van der Waals surface area (Å²) in [6.45, 7) is 6.77. The molecule has 2 nitrogen and oxygen atoms in total. The molecule has 0 aromatic carbocycles. The molecule has 0 aliphatic heterocycles. The van der Waals surface area contributed by atoms with E-state index in [1.54, 1.807) is 6.07 Å². The van der Waals surface area contributed by atoms with Crippen LogP contribution in [0.4, 0.5) is 0 Å². The van der Waals surface area contributed by atoms with Gasteiger partial charge in [-0.05, 0) is 43.1 Å². The van der Waals surface area contributed by atoms with Gasteiger partial charge in [-0.25, -0.2) is 0 Å². The van der Waals surface area contributed by atoms with Crippen molar-refractivity contribution in [2.45, 2.75) is 52.6 Å². The van der Waals surface area contributed by atoms with E-state index in [0.717, 1.165) is 30.6 Å². The minimum absolute atomic E-state index is 0.277. The van der Waals surface area contributed by atoms with Gasteiger partial charge in [-0.3, -0.25) is 0 Å². The normalized spacial score (nSPS) is 28.9. The summed E-state index contributed by atoms with van der Waals surface area (Å²) in [4.78, 5) is 0.811. The van der Waals surface area contributed by atoms with Crippen molar-refractivity contribution in [2.75, 3.05) is 0 Å². The minimum Gasteiger partial charge on any atom is -0.386 e. The van der Waals surface area contributed by atoms with Crippen molar-refractivity contribution in [3.63, 3.8) is 0 Å². The maximum Gasteiger partial charge on any atom is 0.107 e. The lowest BCUT2D eigenvalue weighted by Gasteiger charge is -2.42. The Kier molecular flexibility index (Phi) is 4.49. The molecule has 0 radical (unpaired) electrons. The Morgan fingerprint density at radius 2 is 2.05 bits per heavy atom. The Hall–Kier alpha value is -0.560. The average Bonchev–Trinajstić information content (AvgIpc) is 2.83. The van der Waals surface area contributed by atoms with Gasteiger partial charge < -0.3 is 5.11 Å². The molecule has 1 saturated carbocycles. The number of hydrogen-bond acceptors (Lipinski definition) is 3. The van der Waals surface area contributed by atoms with Gasteiger partial charge in [-0.2, -0.15) is 5.26 Å². The zero-order valence-corrected chi connectivity index (χ0v) is 13.9. The number of aliphatic hydroxyl groups is 1. The lowest BCUT2D eigenvalue weighted by molar-refractivity contribution is 0.0105. The van der Waals surface area contributed by atoms with Gasteiger partial charge in [-0.1, -0.05) is 32.4 Å². The molecule has 1 N–H and O–H groups in total. The second-order valence-electron chi connectivity index (χ2n) is 6.98. The number of nitrogens with zero attached hydrogens (tertiary/aromatic N) is 1. The van der Waals surface area contributed by atoms with Crippen LogP contribution in [0.1, 0.15) is 57.4 Å². The zero-order valence-electron chi connectivity index (χ0n) is 12.3. The number of nitriles is 1. The van der Waals surface area contributed by atoms with E-state index in [0.29, 0.717) is 10.9 Å². The van der Waals surface area contributed by atoms with E-state index in [1.165, 1.54) is 11.3 Å². The van der Waals surface area contributed by atoms with Crippen LogP contribution in [0.5, 0.6) is 0 Å². The van der Waals surface area contributed by atoms with E-state index >= 15 is 0 Å². The highest BCUT2D eigenvalue weighted by Crippen LogP contribution is 2.51. The summed E-state index contributed by atoms with van der Waals surface area (Å²) < 4.78 is 0. The molecule has 0 saturated heterocycles. The lowest BCUT2D eigenvalue weighted by atomic mass is 9.62. The second-order valence-corrected chi connectivity index (χ2v) is 8.36. The Labute approximate surface area is 130 Å². The van der Waals surface area contributed by atoms with Gasteiger partial charge in [0.2, 0.25) is 0 Å². The highest BCUT2D eigenvalue weighted by Gasteiger charge is 2.44. The van der Waals surface area contributed by atoms with Gasteiger partial charge in [0.05, 0.1) is 16.5 Å². The molecule has 1 heterocycles. The van der Waals surface area contributed by atoms with E-state index in [9.17, 15) is 10.4 Å². The Balaban J connectivity index is 2.15. The first-order valence-electron chi connectivity index (χ1n) is 7.12. The van der Waals surface area contributed by atoms with E-state index in [2.05, 4.69) is 26.8 Å². The average molecular weight is 312 g/mol. The predicted octanol–water partition coefficient (Wildman–Crippen LogP) is 5.18. The van der Waals surface area contributed by atoms with Crippen LogP contribution < -0.4 is 0 Å². The summed E-state index contributed by atoms with van der Waals surface area (Å²) in [6, 6.07) is 4.19. The van der Waals surface area contributed by atoms with Crippen LogP contribution in [0, 0.1) is 28.1 Å². The maximum atomic E-state index is 10.6. The first kappa shape index (κ1) is 15.8. The molecule has 20 heavy (non-hydrogen) atoms. The summed E-state index contributed by atoms with van der Waals surface area (Å²) >= 11 is 7.37. The van der Waals surface area contributed by atoms with Gasteiger partial charge >= 0.3 is 0 Å². The summed E-state index contributed by atoms with van der Waals surface area (Å²) in [5, 5.41) is 22.7. The molecule has 1 unspecified atom stereocenters. The molecule has 0 amide bonds. The SMILES string of the molecule is CC(C)(C)C1CCC(C#N)(C(O)c2cc(Cl)cs2)CC1. The fraction of sp³-hybridized carbons (Fsp3) is 0.688. The monoisotopic (exact) mass is 311 g/mol. The number of rotatable bonds is 2. The van der Waals surface area contributed by atoms with Crippen LogP contribution in [0.25, 0.3) is 0 Å². The highest BCUT2D eigenvalue weighted by atomic mass is 35.5. The molecule has 1 aliphatic rings. The molecule has 2 rings (SSSR count). The Morgan fingerprint density at radius 1 is 1.45 bits per heavy atom. The number of hydrogen-bond donors (Lipinski definition) is 1. The van der Waals surface area contributed by atoms with E-state index in [1.807, 2.05) is 5.38 Å².